The molecule has 0 aliphatic heterocycles. The minimum Gasteiger partial charge on any atom is -0.453 e. The molecular formula is C90H108F3N13O10S3. The maximum atomic E-state index is 15.0. The topological polar surface area (TPSA) is 272 Å². The number of aryl methyl sites for hydroxylation is 1. The van der Waals surface area contributed by atoms with Crippen LogP contribution in [0.4, 0.5) is 28.4 Å². The Morgan fingerprint density at radius 1 is 0.487 bits per heavy atom. The molecule has 0 saturated heterocycles. The molecule has 9 heterocycles. The first-order chi connectivity index (χ1) is 56.5. The van der Waals surface area contributed by atoms with Gasteiger partial charge in [-0.25, -0.2) is 37.7 Å². The van der Waals surface area contributed by atoms with Crippen molar-refractivity contribution >= 4 is 94.1 Å². The molecule has 3 aromatic carbocycles. The molecule has 9 aromatic heterocycles. The molecule has 0 unspecified atom stereocenters. The fourth-order valence-corrected chi connectivity index (χ4v) is 15.8. The van der Waals surface area contributed by atoms with Gasteiger partial charge in [-0.1, -0.05) is 73.4 Å². The highest BCUT2D eigenvalue weighted by atomic mass is 32.1. The quantitative estimate of drug-likeness (QED) is 0.0249. The van der Waals surface area contributed by atoms with Crippen molar-refractivity contribution in [2.24, 2.45) is 33.0 Å². The number of carbonyl (C=O) groups excluding carboxylic acids is 4. The zero-order chi connectivity index (χ0) is 86.6. The van der Waals surface area contributed by atoms with Crippen LogP contribution in [0.25, 0.3) is 62.8 Å². The Morgan fingerprint density at radius 3 is 1.17 bits per heavy atom. The third kappa shape index (κ3) is 25.9. The Kier molecular flexibility index (Phi) is 32.3. The van der Waals surface area contributed by atoms with E-state index in [0.717, 1.165) is 88.8 Å². The lowest BCUT2D eigenvalue weighted by Crippen LogP contribution is -2.37. The van der Waals surface area contributed by atoms with Gasteiger partial charge in [0.2, 0.25) is 0 Å². The number of anilines is 1. The summed E-state index contributed by atoms with van der Waals surface area (Å²) in [5.74, 6) is 3.37. The van der Waals surface area contributed by atoms with E-state index in [4.69, 9.17) is 34.7 Å². The highest BCUT2D eigenvalue weighted by molar-refractivity contribution is 7.23. The van der Waals surface area contributed by atoms with Crippen molar-refractivity contribution < 1.29 is 60.8 Å². The zero-order valence-corrected chi connectivity index (χ0v) is 73.6. The van der Waals surface area contributed by atoms with Crippen LogP contribution in [0.3, 0.4) is 0 Å². The van der Waals surface area contributed by atoms with Crippen LogP contribution in [0.15, 0.2) is 128 Å². The number of rotatable bonds is 30. The number of nitrogens with zero attached hydrogens (tertiary/aromatic N) is 12. The van der Waals surface area contributed by atoms with Gasteiger partial charge in [0.05, 0.1) is 82.2 Å². The van der Waals surface area contributed by atoms with Crippen molar-refractivity contribution in [1.82, 2.24) is 53.4 Å². The van der Waals surface area contributed by atoms with Gasteiger partial charge in [-0.15, -0.1) is 34.0 Å². The number of Topliss-reactive ketones (excluding diaryl/α,β-unsaturated/α-hetero) is 2. The van der Waals surface area contributed by atoms with E-state index in [0.29, 0.717) is 84.1 Å². The first kappa shape index (κ1) is 91.7. The highest BCUT2D eigenvalue weighted by Crippen LogP contribution is 2.44. The summed E-state index contributed by atoms with van der Waals surface area (Å²) in [6.07, 6.45) is 18.8. The van der Waals surface area contributed by atoms with Crippen LogP contribution in [0.2, 0.25) is 0 Å². The minimum atomic E-state index is -0.581. The first-order valence-corrected chi connectivity index (χ1v) is 42.3. The average Bonchev–Trinajstić information content (AvgIpc) is 1.65. The minimum absolute atomic E-state index is 0.0370. The van der Waals surface area contributed by atoms with Gasteiger partial charge in [-0.2, -0.15) is 5.26 Å². The summed E-state index contributed by atoms with van der Waals surface area (Å²) in [5, 5.41) is 7.76. The van der Waals surface area contributed by atoms with Crippen LogP contribution < -0.4 is 19.9 Å². The number of nitriles is 1. The number of carbonyl (C=O) groups is 4. The third-order valence-electron chi connectivity index (χ3n) is 18.0. The number of fused-ring (bicyclic) bond motifs is 3. The lowest BCUT2D eigenvalue weighted by molar-refractivity contribution is -0.120. The van der Waals surface area contributed by atoms with Crippen molar-refractivity contribution in [3.8, 4) is 72.9 Å². The Morgan fingerprint density at radius 2 is 0.849 bits per heavy atom. The summed E-state index contributed by atoms with van der Waals surface area (Å²) in [7, 11) is 5.87. The lowest BCUT2D eigenvalue weighted by atomic mass is 10.0. The molecule has 0 spiro atoms. The number of nitrogens with two attached hydrogens (primary N) is 1. The number of aromatic nitrogens is 9. The molecule has 119 heavy (non-hydrogen) atoms. The second kappa shape index (κ2) is 41.9. The number of hydrogen-bond donors (Lipinski definition) is 1. The van der Waals surface area contributed by atoms with Crippen LogP contribution in [0.5, 0.6) is 34.5 Å². The van der Waals surface area contributed by atoms with Crippen molar-refractivity contribution in [1.29, 1.82) is 5.26 Å². The molecule has 0 bridgehead atoms. The number of ether oxygens (including phenoxy) is 6. The van der Waals surface area contributed by atoms with Crippen molar-refractivity contribution in [3.63, 3.8) is 0 Å². The second-order valence-electron chi connectivity index (χ2n) is 32.0. The molecule has 0 atom stereocenters. The standard InChI is InChI=1S/C32H39FN4O4S.C28H32FN3O2S.C26H30FN5O3S.C4H7NO/c1-8-13-37(31(39)41-32(4,5)6)19-22-18-35-30(36(22)7)28-17-25-29(42-28)27(11-12-34-25)40-26-10-9-21(16-24(26)33)15-23(38)14-20(2)3;1-5-6-7-8-20-17-31-28(32(20)4)26-16-23-27(35-26)25(11-12-30-23)34-24-10-9-19(15-22(24)29)14-21(33)13-18(2)3;1-6-11-32(25(33)35-26(2,3)4)15-17-14-30-24(31(17)5)22-13-19-23(36-22)21(9-10-29-19)34-20-8-7-16(28)12-18(20)27;1-4(2)6-3-5/h9-12,16-18,20H,8,13-15,19H2,1-7H3;9-12,15-18H,5-8,13-14H2,1-4H3;7-10,12-14H,6,11,15,28H2,1-5H3;4H,1-2H3. The number of unbranched alkanes of at least 4 members (excludes halogenated alkanes) is 2. The summed E-state index contributed by atoms with van der Waals surface area (Å²) >= 11 is 4.44. The number of benzene rings is 3. The molecular weight excluding hydrogens is 1580 g/mol. The van der Waals surface area contributed by atoms with E-state index in [2.05, 4.69) is 46.1 Å². The molecule has 0 saturated carbocycles. The van der Waals surface area contributed by atoms with Crippen LogP contribution in [0.1, 0.15) is 177 Å². The summed E-state index contributed by atoms with van der Waals surface area (Å²) in [5.41, 5.74) is 11.3. The van der Waals surface area contributed by atoms with Crippen LogP contribution in [-0.2, 0) is 77.3 Å². The molecule has 0 radical (unpaired) electrons. The number of hydrogen-bond acceptors (Lipinski definition) is 21. The van der Waals surface area contributed by atoms with Gasteiger partial charge in [0.1, 0.15) is 63.6 Å². The van der Waals surface area contributed by atoms with E-state index in [-0.39, 0.29) is 71.8 Å². The smallest absolute Gasteiger partial charge is 0.410 e. The summed E-state index contributed by atoms with van der Waals surface area (Å²) in [6.45, 7) is 30.8. The van der Waals surface area contributed by atoms with Crippen LogP contribution >= 0.6 is 34.0 Å². The predicted octanol–water partition coefficient (Wildman–Crippen LogP) is 22.7. The maximum absolute atomic E-state index is 15.0. The van der Waals surface area contributed by atoms with E-state index in [1.54, 1.807) is 95.6 Å². The molecule has 2 amide bonds. The number of pyridine rings is 3. The van der Waals surface area contributed by atoms with Gasteiger partial charge in [0.25, 0.3) is 6.26 Å². The monoisotopic (exact) mass is 1680 g/mol. The van der Waals surface area contributed by atoms with E-state index >= 15 is 0 Å². The van der Waals surface area contributed by atoms with E-state index in [9.17, 15) is 32.3 Å². The molecule has 0 aliphatic carbocycles. The first-order valence-electron chi connectivity index (χ1n) is 39.9. The molecule has 0 fully saturated rings. The number of ketones is 2. The fourth-order valence-electron chi connectivity index (χ4n) is 12.5. The average molecular weight is 1690 g/mol. The number of imidazole rings is 3. The summed E-state index contributed by atoms with van der Waals surface area (Å²) < 4.78 is 85.9. The Labute approximate surface area is 706 Å². The largest absolute Gasteiger partial charge is 0.453 e. The van der Waals surface area contributed by atoms with E-state index in [1.165, 1.54) is 76.8 Å². The number of amides is 2. The fraction of sp³-hybridized carbons (Fsp3) is 0.411. The van der Waals surface area contributed by atoms with Gasteiger partial charge in [-0.3, -0.25) is 24.5 Å². The molecule has 23 nitrogen and oxygen atoms in total. The third-order valence-corrected chi connectivity index (χ3v) is 21.4. The van der Waals surface area contributed by atoms with Gasteiger partial charge in [0.15, 0.2) is 34.7 Å². The maximum Gasteiger partial charge on any atom is 0.410 e. The lowest BCUT2D eigenvalue weighted by Gasteiger charge is -2.27. The van der Waals surface area contributed by atoms with Gasteiger partial charge >= 0.3 is 12.2 Å². The van der Waals surface area contributed by atoms with Crippen molar-refractivity contribution in [2.45, 2.75) is 198 Å². The summed E-state index contributed by atoms with van der Waals surface area (Å²) in [4.78, 5) is 83.2. The van der Waals surface area contributed by atoms with E-state index in [1.807, 2.05) is 152 Å². The number of halogens is 3. The molecule has 632 valence electrons. The predicted molar refractivity (Wildman–Crippen MR) is 465 cm³/mol. The van der Waals surface area contributed by atoms with Gasteiger partial charge in [-0.05, 0) is 159 Å². The Hall–Kier alpha value is -11.2. The molecule has 12 aromatic rings. The van der Waals surface area contributed by atoms with Crippen molar-refractivity contribution in [3.05, 3.63) is 174 Å². The molecule has 0 aliphatic rings. The SMILES string of the molecule is CC(C)OC#N.CCCCCc1cnc(-c2cc3nccc(Oc4ccc(CC(=O)CC(C)C)cc4F)c3s2)n1C.CCCN(Cc1cnc(-c2cc3nccc(Oc4ccc(CC(=O)CC(C)C)cc4F)c3s2)n1C)C(=O)OC(C)(C)C.CCCN(Cc1cnc(-c2cc3nccc(Oc4ccc(N)cc4F)c3s2)n1C)C(=O)OC(C)(C)C. The summed E-state index contributed by atoms with van der Waals surface area (Å²) in [6, 6.07) is 24.7. The van der Waals surface area contributed by atoms with Crippen LogP contribution in [0, 0.1) is 40.8 Å². The second-order valence-corrected chi connectivity index (χ2v) is 35.1. The molecule has 2 N–H and O–H groups in total. The number of thiophene rings is 3. The Balaban J connectivity index is 0.000000197. The Bertz CT molecular complexity index is 5510. The number of nitrogen functional groups attached to an aromatic ring is 1. The van der Waals surface area contributed by atoms with E-state index < -0.39 is 28.7 Å². The van der Waals surface area contributed by atoms with Crippen molar-refractivity contribution in [2.75, 3.05) is 18.8 Å². The zero-order valence-electron chi connectivity index (χ0n) is 71.1. The molecule has 29 heteroatoms. The van der Waals surface area contributed by atoms with Gasteiger partial charge in [0, 0.05) is 120 Å². The normalized spacial score (nSPS) is 11.4. The van der Waals surface area contributed by atoms with Crippen LogP contribution in [-0.4, -0.2) is 108 Å². The molecule has 12 rings (SSSR count). The van der Waals surface area contributed by atoms with Gasteiger partial charge < -0.3 is 57.7 Å². The highest BCUT2D eigenvalue weighted by Gasteiger charge is 2.28.